The van der Waals surface area contributed by atoms with Crippen LogP contribution in [-0.4, -0.2) is 27.4 Å². The van der Waals surface area contributed by atoms with Crippen molar-refractivity contribution in [3.8, 4) is 104 Å². The van der Waals surface area contributed by atoms with E-state index in [0.29, 0.717) is 33.4 Å². The fourth-order valence-corrected chi connectivity index (χ4v) is 26.0. The fraction of sp³-hybridized carbons (Fsp3) is 0. The van der Waals surface area contributed by atoms with Gasteiger partial charge in [0.1, 0.15) is 17.2 Å². The minimum Gasteiger partial charge on any atom is -0.455 e. The second-order valence-electron chi connectivity index (χ2n) is 37.0. The molecule has 0 bridgehead atoms. The number of hydrogen-bond acceptors (Lipinski definition) is 9. The molecule has 0 spiro atoms. The van der Waals surface area contributed by atoms with Crippen LogP contribution < -0.4 is 0 Å². The van der Waals surface area contributed by atoms with Crippen LogP contribution in [0.25, 0.3) is 261 Å². The first-order valence-electron chi connectivity index (χ1n) is 48.4. The Kier molecular flexibility index (Phi) is 19.4. The third kappa shape index (κ3) is 12.8. The van der Waals surface area contributed by atoms with Crippen LogP contribution in [0.4, 0.5) is 0 Å². The lowest BCUT2D eigenvalue weighted by Crippen LogP contribution is -2.01. The summed E-state index contributed by atoms with van der Waals surface area (Å²) in [6.45, 7) is 0. The lowest BCUT2D eigenvalue weighted by atomic mass is 9.96. The van der Waals surface area contributed by atoms with Crippen LogP contribution in [0, 0.1) is 68.0 Å². The molecule has 0 N–H and O–H groups in total. The standard InChI is InChI=1S/C44H24N4O.2C44H24N4S/c45-25-27-20-22-39-36(24-27)30-13-4-6-18-37(30)48(39)42-28(26-46)10-8-15-31(42)32-16-9-17-33-34-21-23-40-41(44(34)49-43(32)33)35-14-5-7-19-38(35)47(40)29-11-2-1-3-12-29;45-25-27-20-22-38-35(24-27)30-13-4-6-17-36(30)48(38)39-19-8-10-28(26-46)41(39)34-16-9-15-31-32-21-23-40-42(44(32)49-43(31)34)33-14-5-7-18-37(33)47(40)29-11-2-1-3-12-29;45-25-27-17-20-39-35(23-27)30-11-4-6-15-37(30)48(39)40-21-18-28(26-46)24-36(40)32-14-8-13-31-33-19-22-41-42(44(33)49-43(31)32)34-12-5-7-16-38(34)47(41)29-9-2-1-3-10-29/h3*1-24H. The van der Waals surface area contributed by atoms with Gasteiger partial charge in [-0.2, -0.15) is 31.6 Å². The number of benzene rings is 21. The van der Waals surface area contributed by atoms with Gasteiger partial charge >= 0.3 is 0 Å². The molecule has 9 aromatic heterocycles. The van der Waals surface area contributed by atoms with Crippen molar-refractivity contribution in [3.05, 3.63) is 470 Å². The van der Waals surface area contributed by atoms with E-state index in [1.54, 1.807) is 11.3 Å². The zero-order valence-corrected chi connectivity index (χ0v) is 79.8. The van der Waals surface area contributed by atoms with E-state index in [4.69, 9.17) is 4.42 Å². The Morgan fingerprint density at radius 2 is 0.510 bits per heavy atom. The zero-order chi connectivity index (χ0) is 97.9. The van der Waals surface area contributed by atoms with Gasteiger partial charge in [0.05, 0.1) is 152 Å². The Labute approximate surface area is 846 Å². The van der Waals surface area contributed by atoms with E-state index in [1.165, 1.54) is 79.3 Å². The minimum atomic E-state index is 0.547. The molecule has 9 heterocycles. The molecule has 21 aromatic carbocycles. The van der Waals surface area contributed by atoms with Crippen molar-refractivity contribution in [3.63, 3.8) is 0 Å². The normalized spacial score (nSPS) is 11.6. The molecule has 15 heteroatoms. The number of hydrogen-bond donors (Lipinski definition) is 0. The molecule has 0 unspecified atom stereocenters. The summed E-state index contributed by atoms with van der Waals surface area (Å²) in [6.07, 6.45) is 0. The number of rotatable bonds is 9. The molecule has 30 aromatic rings. The molecule has 0 saturated carbocycles. The second kappa shape index (κ2) is 33.7. The molecule has 0 aliphatic carbocycles. The molecule has 13 nitrogen and oxygen atoms in total. The summed E-state index contributed by atoms with van der Waals surface area (Å²) in [7, 11) is 0. The summed E-state index contributed by atoms with van der Waals surface area (Å²) in [5.41, 5.74) is 30.0. The van der Waals surface area contributed by atoms with Gasteiger partial charge in [0.2, 0.25) is 0 Å². The van der Waals surface area contributed by atoms with Gasteiger partial charge in [-0.05, 0) is 188 Å². The highest BCUT2D eigenvalue weighted by Gasteiger charge is 2.30. The highest BCUT2D eigenvalue weighted by Crippen LogP contribution is 2.53. The SMILES string of the molecule is N#Cc1ccc(-n2c3ccccc3c3cc(C#N)ccc32)c(-c2cccc3c2sc2c3ccc3c2c2ccccc2n3-c2ccccc2)c1.N#Cc1ccc2c(c1)c1ccccc1n2-c1c(C#N)cccc1-c1cccc2c1oc1c2ccc2c1c1ccccc1n2-c1ccccc1.N#Cc1ccc2c(c1)c1ccccc1n2-c1cccc(C#N)c1-c1cccc2c1sc1c2ccc2c1c1ccccc1n2-c1ccccc1. The number of furan rings is 1. The Balaban J connectivity index is 0.000000107. The zero-order valence-electron chi connectivity index (χ0n) is 78.2. The molecule has 0 fully saturated rings. The highest BCUT2D eigenvalue weighted by atomic mass is 32.1. The topological polar surface area (TPSA) is 185 Å². The molecule has 30 rings (SSSR count). The minimum absolute atomic E-state index is 0.547. The lowest BCUT2D eigenvalue weighted by molar-refractivity contribution is 0.674. The van der Waals surface area contributed by atoms with Gasteiger partial charge in [-0.3, -0.25) is 0 Å². The van der Waals surface area contributed by atoms with Crippen molar-refractivity contribution in [2.75, 3.05) is 0 Å². The van der Waals surface area contributed by atoms with Crippen molar-refractivity contribution in [1.82, 2.24) is 27.4 Å². The van der Waals surface area contributed by atoms with E-state index in [1.807, 2.05) is 139 Å². The lowest BCUT2D eigenvalue weighted by Gasteiger charge is -2.16. The highest BCUT2D eigenvalue weighted by molar-refractivity contribution is 7.28. The van der Waals surface area contributed by atoms with E-state index < -0.39 is 0 Å². The molecule has 0 amide bonds. The summed E-state index contributed by atoms with van der Waals surface area (Å²) in [5, 5.41) is 80.5. The number of nitriles is 6. The molecule has 678 valence electrons. The molecule has 0 saturated heterocycles. The molecule has 0 atom stereocenters. The molecule has 0 aliphatic heterocycles. The van der Waals surface area contributed by atoms with Crippen LogP contribution in [-0.2, 0) is 0 Å². The Morgan fingerprint density at radius 1 is 0.184 bits per heavy atom. The summed E-state index contributed by atoms with van der Waals surface area (Å²) in [6, 6.07) is 164. The summed E-state index contributed by atoms with van der Waals surface area (Å²) < 4.78 is 25.6. The smallest absolute Gasteiger partial charge is 0.145 e. The third-order valence-electron chi connectivity index (χ3n) is 29.3. The monoisotopic (exact) mass is 1900 g/mol. The van der Waals surface area contributed by atoms with Crippen molar-refractivity contribution < 1.29 is 4.42 Å². The maximum atomic E-state index is 10.6. The van der Waals surface area contributed by atoms with E-state index in [-0.39, 0.29) is 0 Å². The number of thiophene rings is 2. The quantitative estimate of drug-likeness (QED) is 0.138. The molecule has 0 radical (unpaired) electrons. The van der Waals surface area contributed by atoms with Gasteiger partial charge in [0, 0.05) is 161 Å². The predicted octanol–water partition coefficient (Wildman–Crippen LogP) is 34.5. The average molecular weight is 1910 g/mol. The Bertz CT molecular complexity index is 11000. The van der Waals surface area contributed by atoms with Crippen LogP contribution in [0.15, 0.2) is 441 Å². The van der Waals surface area contributed by atoms with Crippen LogP contribution in [0.3, 0.4) is 0 Å². The maximum absolute atomic E-state index is 10.6. The first-order valence-corrected chi connectivity index (χ1v) is 50.1. The van der Waals surface area contributed by atoms with Gasteiger partial charge in [-0.15, -0.1) is 22.7 Å². The molecule has 0 aliphatic rings. The van der Waals surface area contributed by atoms with Crippen molar-refractivity contribution in [2.24, 2.45) is 0 Å². The average Bonchev–Trinajstić information content (AvgIpc) is 1.56. The Morgan fingerprint density at radius 3 is 0.993 bits per heavy atom. The van der Waals surface area contributed by atoms with Gasteiger partial charge in [-0.1, -0.05) is 249 Å². The van der Waals surface area contributed by atoms with Crippen LogP contribution >= 0.6 is 22.7 Å². The van der Waals surface area contributed by atoms with Crippen molar-refractivity contribution in [1.29, 1.82) is 31.6 Å². The predicted molar refractivity (Wildman–Crippen MR) is 603 cm³/mol. The van der Waals surface area contributed by atoms with Crippen LogP contribution in [0.5, 0.6) is 0 Å². The van der Waals surface area contributed by atoms with Gasteiger partial charge < -0.3 is 31.8 Å². The molecular weight excluding hydrogens is 1830 g/mol. The largest absolute Gasteiger partial charge is 0.455 e. The van der Waals surface area contributed by atoms with Gasteiger partial charge in [-0.25, -0.2) is 0 Å². The number of fused-ring (bicyclic) bond motifs is 30. The van der Waals surface area contributed by atoms with Gasteiger partial charge in [0.15, 0.2) is 0 Å². The van der Waals surface area contributed by atoms with E-state index >= 15 is 0 Å². The maximum Gasteiger partial charge on any atom is 0.145 e. The van der Waals surface area contributed by atoms with Crippen LogP contribution in [0.1, 0.15) is 33.4 Å². The van der Waals surface area contributed by atoms with E-state index in [2.05, 4.69) is 373 Å². The number of para-hydroxylation sites is 11. The van der Waals surface area contributed by atoms with Crippen LogP contribution in [0.2, 0.25) is 0 Å². The third-order valence-corrected chi connectivity index (χ3v) is 31.9. The van der Waals surface area contributed by atoms with Gasteiger partial charge in [0.25, 0.3) is 0 Å². The fourth-order valence-electron chi connectivity index (χ4n) is 23.2. The number of aromatic nitrogens is 6. The first-order chi connectivity index (χ1) is 72.7. The van der Waals surface area contributed by atoms with E-state index in [9.17, 15) is 31.6 Å². The molecule has 147 heavy (non-hydrogen) atoms. The van der Waals surface area contributed by atoms with Crippen molar-refractivity contribution >= 4 is 216 Å². The second-order valence-corrected chi connectivity index (χ2v) is 39.0. The summed E-state index contributed by atoms with van der Waals surface area (Å²) in [4.78, 5) is 0. The van der Waals surface area contributed by atoms with E-state index in [0.717, 1.165) is 181 Å². The Hall–Kier alpha value is -20.4. The summed E-state index contributed by atoms with van der Waals surface area (Å²) >= 11 is 3.63. The first kappa shape index (κ1) is 84.7. The summed E-state index contributed by atoms with van der Waals surface area (Å²) in [5.74, 6) is 0. The van der Waals surface area contributed by atoms with Crippen molar-refractivity contribution in [2.45, 2.75) is 0 Å². The number of nitrogens with zero attached hydrogens (tertiary/aromatic N) is 12. The molecular formula is C132H72N12OS2.